The summed E-state index contributed by atoms with van der Waals surface area (Å²) in [7, 11) is 2.53. The van der Waals surface area contributed by atoms with Crippen molar-refractivity contribution in [3.63, 3.8) is 0 Å². The second-order valence-corrected chi connectivity index (χ2v) is 37.6. The highest BCUT2D eigenvalue weighted by molar-refractivity contribution is 6.32. The molecule has 10 amide bonds. The van der Waals surface area contributed by atoms with E-state index in [-0.39, 0.29) is 30.7 Å². The summed E-state index contributed by atoms with van der Waals surface area (Å²) < 4.78 is 39.6. The molecule has 0 saturated carbocycles. The number of hydrogen-bond acceptors (Lipinski definition) is 34. The third-order valence-corrected chi connectivity index (χ3v) is 26.1. The number of fused-ring (bicyclic) bond motifs is 15. The minimum atomic E-state index is -2.57. The predicted molar refractivity (Wildman–Crippen MR) is 506 cm³/mol. The second-order valence-electron chi connectivity index (χ2n) is 36.8. The van der Waals surface area contributed by atoms with Gasteiger partial charge in [0.2, 0.25) is 71.1 Å². The molecule has 7 aliphatic heterocycles. The van der Waals surface area contributed by atoms with E-state index in [9.17, 15) is 105 Å². The van der Waals surface area contributed by atoms with Gasteiger partial charge in [0.25, 0.3) is 0 Å². The van der Waals surface area contributed by atoms with E-state index in [2.05, 4.69) is 60.1 Å². The molecule has 0 unspecified atom stereocenters. The van der Waals surface area contributed by atoms with Crippen LogP contribution in [0.15, 0.2) is 78.9 Å². The Morgan fingerprint density at radius 2 is 1.25 bits per heavy atom. The number of nitrogens with zero attached hydrogens (tertiary/aromatic N) is 1. The number of carboxylic acids is 2. The molecular weight excluding hydrogens is 1920 g/mol. The highest BCUT2D eigenvalue weighted by atomic mass is 35.5. The number of unbranched alkanes of at least 4 members (excludes halogenated alkanes) is 7. The van der Waals surface area contributed by atoms with E-state index < -0.39 is 345 Å². The lowest BCUT2D eigenvalue weighted by Gasteiger charge is -2.48. The SMILES string of the molecule is CCCCCCCCCCNCCN[C@@]1(C)C[C@H](O[C@H]2[C@H](Oc3c4cc5cc3Oc3ccc(cc3Cl)[C@@H](O)[C@@H](NC(=O)[C@@H](CC(C)C)NC)C(=O)N[C@@H](CC(N)=O)C(=O)N[C@H]5C(=O)N[C@H]3C(=O)N[C@H](C(=O)N[C@H](C(=O)N[C@@H](CCC(=O)N(C)C[C@@H](O)[C@H](O)[C@@H](O)[C@@H](O)CC)C(=O)N[C@@H](CC(=O)O)C(=O)O)c5cc(O)cc(O)c5-c5cc3ccc5O)[C@H](O)c3ccc(c(Cl)c3)O4)O[C@H](CO)[C@@H](O)[C@@H]2O)O[C@@H](C)[C@H]1O. The number of halogens is 2. The molecule has 7 aliphatic rings. The third kappa shape index (κ3) is 29.0. The number of ether oxygens (including phenoxy) is 6. The number of amides is 10. The van der Waals surface area contributed by atoms with Crippen molar-refractivity contribution in [2.75, 3.05) is 46.9 Å². The Balaban J connectivity index is 1.15. The molecule has 48 heteroatoms. The topological polar surface area (TPSA) is 725 Å². The van der Waals surface area contributed by atoms with Gasteiger partial charge < -0.3 is 174 Å². The van der Waals surface area contributed by atoms with Crippen molar-refractivity contribution >= 4 is 94.2 Å². The number of nitrogens with one attached hydrogen (secondary N) is 11. The molecule has 143 heavy (non-hydrogen) atoms. The monoisotopic (exact) mass is 2050 g/mol. The highest BCUT2D eigenvalue weighted by Gasteiger charge is 2.53. The Morgan fingerprint density at radius 3 is 1.85 bits per heavy atom. The summed E-state index contributed by atoms with van der Waals surface area (Å²) in [6.45, 7) is 10.2. The maximum Gasteiger partial charge on any atom is 0.326 e. The van der Waals surface area contributed by atoms with Gasteiger partial charge in [-0.1, -0.05) is 114 Å². The zero-order valence-corrected chi connectivity index (χ0v) is 81.4. The number of aliphatic hydroxyl groups excluding tert-OH is 10. The molecule has 28 N–H and O–H groups in total. The molecule has 786 valence electrons. The number of aromatic hydroxyl groups is 3. The number of aliphatic hydroxyl groups is 10. The molecule has 12 rings (SSSR count). The number of nitrogens with two attached hydrogens (primary N) is 1. The molecule has 11 bridgehead atoms. The van der Waals surface area contributed by atoms with Crippen LogP contribution in [0.5, 0.6) is 46.0 Å². The average Bonchev–Trinajstić information content (AvgIpc) is 0.762. The van der Waals surface area contributed by atoms with Crippen molar-refractivity contribution in [2.45, 2.75) is 284 Å². The Kier molecular flexibility index (Phi) is 40.7. The van der Waals surface area contributed by atoms with E-state index in [4.69, 9.17) is 57.4 Å². The zero-order chi connectivity index (χ0) is 105. The zero-order valence-electron chi connectivity index (χ0n) is 79.8. The summed E-state index contributed by atoms with van der Waals surface area (Å²) in [5.41, 5.74) is 0.719. The normalized spacial score (nSPS) is 25.5. The number of phenolic OH excluding ortho intramolecular Hbond substituents is 3. The molecule has 0 aromatic heterocycles. The van der Waals surface area contributed by atoms with E-state index >= 15 is 28.8 Å². The third-order valence-electron chi connectivity index (χ3n) is 25.5. The number of likely N-dealkylation sites (N-methyl/N-ethyl adjacent to an activating group) is 2. The number of carboxylic acid groups (broad SMARTS) is 2. The van der Waals surface area contributed by atoms with Gasteiger partial charge in [0.05, 0.1) is 53.8 Å². The lowest BCUT2D eigenvalue weighted by Crippen LogP contribution is -2.65. The molecule has 46 nitrogen and oxygen atoms in total. The molecular formula is C95H129Cl2N13O33. The second kappa shape index (κ2) is 51.3. The Bertz CT molecular complexity index is 5360. The Morgan fingerprint density at radius 1 is 0.643 bits per heavy atom. The van der Waals surface area contributed by atoms with E-state index in [1.54, 1.807) is 27.7 Å². The van der Waals surface area contributed by atoms with Crippen LogP contribution in [-0.2, 0) is 71.7 Å². The minimum Gasteiger partial charge on any atom is -0.508 e. The molecule has 2 fully saturated rings. The summed E-state index contributed by atoms with van der Waals surface area (Å²) in [6.07, 6.45) is -21.1. The largest absolute Gasteiger partial charge is 0.508 e. The molecule has 5 aromatic rings. The molecule has 2 saturated heterocycles. The van der Waals surface area contributed by atoms with Crippen molar-refractivity contribution in [3.8, 4) is 57.1 Å². The van der Waals surface area contributed by atoms with E-state index in [0.29, 0.717) is 19.2 Å². The van der Waals surface area contributed by atoms with Crippen molar-refractivity contribution in [2.24, 2.45) is 11.7 Å². The number of phenols is 3. The number of rotatable bonds is 41. The van der Waals surface area contributed by atoms with E-state index in [1.165, 1.54) is 39.3 Å². The summed E-state index contributed by atoms with van der Waals surface area (Å²) in [5, 5.41) is 198. The van der Waals surface area contributed by atoms with Crippen LogP contribution in [0.4, 0.5) is 0 Å². The van der Waals surface area contributed by atoms with Gasteiger partial charge >= 0.3 is 11.9 Å². The molecule has 0 aliphatic carbocycles. The van der Waals surface area contributed by atoms with E-state index in [1.807, 2.05) is 5.32 Å². The van der Waals surface area contributed by atoms with Gasteiger partial charge in [-0.15, -0.1) is 0 Å². The highest BCUT2D eigenvalue weighted by Crippen LogP contribution is 2.50. The maximum atomic E-state index is 16.6. The van der Waals surface area contributed by atoms with Crippen LogP contribution in [-0.4, -0.2) is 315 Å². The summed E-state index contributed by atoms with van der Waals surface area (Å²) >= 11 is 14.5. The number of carbonyl (C=O) groups is 12. The van der Waals surface area contributed by atoms with Gasteiger partial charge in [-0.3, -0.25) is 52.7 Å². The summed E-state index contributed by atoms with van der Waals surface area (Å²) in [6, 6.07) is -7.29. The lowest BCUT2D eigenvalue weighted by atomic mass is 9.85. The minimum absolute atomic E-state index is 0.0817. The molecule has 24 atom stereocenters. The fraction of sp³-hybridized carbons (Fsp3) is 0.558. The van der Waals surface area contributed by atoms with Crippen LogP contribution < -0.4 is 78.4 Å². The molecule has 5 aromatic carbocycles. The molecule has 0 spiro atoms. The van der Waals surface area contributed by atoms with E-state index in [0.717, 1.165) is 117 Å². The van der Waals surface area contributed by atoms with Crippen LogP contribution in [0.25, 0.3) is 11.1 Å². The van der Waals surface area contributed by atoms with Gasteiger partial charge in [-0.05, 0) is 141 Å². The predicted octanol–water partition coefficient (Wildman–Crippen LogP) is 0.00390. The fourth-order valence-electron chi connectivity index (χ4n) is 17.4. The number of primary amides is 1. The number of carbonyl (C=O) groups excluding carboxylic acids is 10. The average molecular weight is 2050 g/mol. The molecule has 7 heterocycles. The van der Waals surface area contributed by atoms with Gasteiger partial charge in [0.15, 0.2) is 23.9 Å². The first-order valence-corrected chi connectivity index (χ1v) is 47.9. The number of benzene rings is 5. The van der Waals surface area contributed by atoms with Gasteiger partial charge in [-0.25, -0.2) is 4.79 Å². The van der Waals surface area contributed by atoms with Crippen molar-refractivity contribution in [1.29, 1.82) is 0 Å². The van der Waals surface area contributed by atoms with Crippen LogP contribution in [0.1, 0.15) is 196 Å². The number of aliphatic carboxylic acids is 2. The van der Waals surface area contributed by atoms with Gasteiger partial charge in [0, 0.05) is 62.3 Å². The lowest BCUT2D eigenvalue weighted by molar-refractivity contribution is -0.334. The summed E-state index contributed by atoms with van der Waals surface area (Å²) in [5.74, 6) is -23.8. The van der Waals surface area contributed by atoms with Crippen LogP contribution in [0, 0.1) is 5.92 Å². The quantitative estimate of drug-likeness (QED) is 0.0229. The Hall–Kier alpha value is -11.5. The smallest absolute Gasteiger partial charge is 0.326 e. The van der Waals surface area contributed by atoms with Crippen molar-refractivity contribution in [1.82, 2.24) is 63.4 Å². The van der Waals surface area contributed by atoms with Gasteiger partial charge in [-0.2, -0.15) is 0 Å². The number of hydrogen-bond donors (Lipinski definition) is 27. The van der Waals surface area contributed by atoms with Crippen LogP contribution in [0.3, 0.4) is 0 Å². The Labute approximate surface area is 832 Å². The van der Waals surface area contributed by atoms with Crippen molar-refractivity contribution < 1.29 is 163 Å². The van der Waals surface area contributed by atoms with Gasteiger partial charge in [0.1, 0.15) is 126 Å². The standard InChI is InChI=1S/C95H129Cl2N13O33/c1-9-11-12-13-14-15-16-17-26-100-27-28-101-95(6)39-69(138-43(5)84(95)127)142-83-81(126)80(125)65(41-111)141-94(83)143-82-63-33-47-34-64(82)140-62-24-20-46(32-52(62)97)77(122)75-92(135)107-73(90(133)102-53(85(128)104-56(93(136)137)38-68(119)120)21-25-67(118)110(8)40-60(116)79(124)78(123)57(113)10-2)50-35-48(112)36-59(115)70(50)49-30-44(18-22-58(49)114)71(88(131)109-75)106-89(132)72(47)105-87(130)55(37-66(98)117)103-91(134)74(108-86(129)54(99-7)29-42(3)4)76(121)45-19-23-61(139-63)51(96)31-45/h18-20,22-24,30-36,42-43,53-57,60,65,69,71-81,83-84,94,99-101,111-116,121-127H,9-17,21,25-29,37-41H2,1-8H3,(H2,98,117)(H,102,133)(H,103,134)(H,104,128)(H,105,130)(H,106,132)(H,107,135)(H,108,129)(H,109,131)(H,119,120)(H,136,137)/t43-,53-,54+,55-,56-,57-,60+,65+,69-,71+,72+,73-,74+,75-,76+,77+,78-,79-,80+,81-,83+,84+,94-,95-/m0/s1. The molecule has 0 radical (unpaired) electrons. The summed E-state index contributed by atoms with van der Waals surface area (Å²) in [4.78, 5) is 177. The fourth-order valence-corrected chi connectivity index (χ4v) is 17.9. The first kappa shape index (κ1) is 113. The van der Waals surface area contributed by atoms with Crippen LogP contribution in [0.2, 0.25) is 10.0 Å². The van der Waals surface area contributed by atoms with Crippen LogP contribution >= 0.6 is 23.2 Å². The first-order chi connectivity index (χ1) is 67.7. The van der Waals surface area contributed by atoms with Crippen molar-refractivity contribution in [3.05, 3.63) is 117 Å². The first-order valence-electron chi connectivity index (χ1n) is 47.1. The maximum absolute atomic E-state index is 16.6.